The monoisotopic (exact) mass is 286 g/mol. The smallest absolute Gasteiger partial charge is 0.253 e. The molecule has 19 heavy (non-hydrogen) atoms. The van der Waals surface area contributed by atoms with Gasteiger partial charge < -0.3 is 15.4 Å². The van der Waals surface area contributed by atoms with Gasteiger partial charge in [-0.15, -0.1) is 12.4 Å². The molecule has 108 valence electrons. The number of carbonyl (C=O) groups is 1. The van der Waals surface area contributed by atoms with Crippen LogP contribution in [0.1, 0.15) is 26.3 Å². The summed E-state index contributed by atoms with van der Waals surface area (Å²) < 4.78 is 5.27. The first-order valence-corrected chi connectivity index (χ1v) is 6.40. The molecule has 0 saturated heterocycles. The molecule has 0 heterocycles. The number of nitrogens with one attached hydrogen (secondary N) is 2. The van der Waals surface area contributed by atoms with Gasteiger partial charge in [0.25, 0.3) is 5.91 Å². The summed E-state index contributed by atoms with van der Waals surface area (Å²) in [5.74, 6) is -0.110. The number of rotatable bonds is 7. The predicted octanol–water partition coefficient (Wildman–Crippen LogP) is 2.58. The van der Waals surface area contributed by atoms with Gasteiger partial charge in [-0.2, -0.15) is 0 Å². The van der Waals surface area contributed by atoms with Crippen molar-refractivity contribution in [3.8, 4) is 0 Å². The minimum atomic E-state index is -0.429. The SMILES string of the molecule is CCNCc1ccccc1NC(=O)C(C)OCC.Cl. The van der Waals surface area contributed by atoms with E-state index < -0.39 is 6.10 Å². The van der Waals surface area contributed by atoms with E-state index in [1.165, 1.54) is 0 Å². The van der Waals surface area contributed by atoms with Gasteiger partial charge in [0.2, 0.25) is 0 Å². The Labute approximate surface area is 121 Å². The third kappa shape index (κ3) is 6.05. The van der Waals surface area contributed by atoms with Gasteiger partial charge in [0.05, 0.1) is 0 Å². The van der Waals surface area contributed by atoms with Crippen molar-refractivity contribution in [2.24, 2.45) is 0 Å². The van der Waals surface area contributed by atoms with E-state index >= 15 is 0 Å². The third-order valence-electron chi connectivity index (χ3n) is 2.63. The van der Waals surface area contributed by atoms with Crippen molar-refractivity contribution in [2.45, 2.75) is 33.4 Å². The molecule has 1 aromatic rings. The second kappa shape index (κ2) is 9.78. The van der Waals surface area contributed by atoms with Crippen molar-refractivity contribution in [2.75, 3.05) is 18.5 Å². The number of para-hydroxylation sites is 1. The minimum absolute atomic E-state index is 0. The topological polar surface area (TPSA) is 50.4 Å². The molecule has 2 N–H and O–H groups in total. The Kier molecular flexibility index (Phi) is 9.21. The lowest BCUT2D eigenvalue weighted by Gasteiger charge is -2.15. The van der Waals surface area contributed by atoms with E-state index in [0.29, 0.717) is 6.61 Å². The quantitative estimate of drug-likeness (QED) is 0.810. The van der Waals surface area contributed by atoms with Crippen LogP contribution in [0.15, 0.2) is 24.3 Å². The van der Waals surface area contributed by atoms with Gasteiger partial charge in [-0.1, -0.05) is 25.1 Å². The van der Waals surface area contributed by atoms with Gasteiger partial charge in [0.1, 0.15) is 6.10 Å². The fraction of sp³-hybridized carbons (Fsp3) is 0.500. The summed E-state index contributed by atoms with van der Waals surface area (Å²) in [6.07, 6.45) is -0.429. The van der Waals surface area contributed by atoms with Gasteiger partial charge in [-0.25, -0.2) is 0 Å². The Morgan fingerprint density at radius 2 is 2.00 bits per heavy atom. The summed E-state index contributed by atoms with van der Waals surface area (Å²) >= 11 is 0. The van der Waals surface area contributed by atoms with Crippen LogP contribution in [0.4, 0.5) is 5.69 Å². The fourth-order valence-electron chi connectivity index (χ4n) is 1.62. The summed E-state index contributed by atoms with van der Waals surface area (Å²) in [7, 11) is 0. The molecule has 4 nitrogen and oxygen atoms in total. The number of amides is 1. The second-order valence-electron chi connectivity index (χ2n) is 4.02. The lowest BCUT2D eigenvalue weighted by molar-refractivity contribution is -0.126. The molecule has 0 aromatic heterocycles. The van der Waals surface area contributed by atoms with E-state index in [4.69, 9.17) is 4.74 Å². The van der Waals surface area contributed by atoms with E-state index in [0.717, 1.165) is 24.3 Å². The molecule has 1 aromatic carbocycles. The molecule has 1 amide bonds. The van der Waals surface area contributed by atoms with Crippen LogP contribution in [0.3, 0.4) is 0 Å². The van der Waals surface area contributed by atoms with Gasteiger partial charge >= 0.3 is 0 Å². The average molecular weight is 287 g/mol. The molecule has 0 fully saturated rings. The molecule has 0 bridgehead atoms. The standard InChI is InChI=1S/C14H22N2O2.ClH/c1-4-15-10-12-8-6-7-9-13(12)16-14(17)11(3)18-5-2;/h6-9,11,15H,4-5,10H2,1-3H3,(H,16,17);1H. The Hall–Kier alpha value is -1.10. The molecule has 1 unspecified atom stereocenters. The van der Waals surface area contributed by atoms with Crippen molar-refractivity contribution in [1.29, 1.82) is 0 Å². The zero-order chi connectivity index (χ0) is 13.4. The number of hydrogen-bond acceptors (Lipinski definition) is 3. The maximum Gasteiger partial charge on any atom is 0.253 e. The lowest BCUT2D eigenvalue weighted by atomic mass is 10.1. The van der Waals surface area contributed by atoms with Gasteiger partial charge in [-0.05, 0) is 32.0 Å². The van der Waals surface area contributed by atoms with Crippen LogP contribution in [0, 0.1) is 0 Å². The summed E-state index contributed by atoms with van der Waals surface area (Å²) in [6, 6.07) is 7.79. The van der Waals surface area contributed by atoms with Crippen molar-refractivity contribution < 1.29 is 9.53 Å². The molecule has 5 heteroatoms. The molecular formula is C14H23ClN2O2. The molecule has 0 aliphatic rings. The fourth-order valence-corrected chi connectivity index (χ4v) is 1.62. The van der Waals surface area contributed by atoms with E-state index in [1.54, 1.807) is 6.92 Å². The maximum atomic E-state index is 11.9. The maximum absolute atomic E-state index is 11.9. The molecule has 0 spiro atoms. The van der Waals surface area contributed by atoms with Crippen molar-refractivity contribution >= 4 is 24.0 Å². The average Bonchev–Trinajstić information content (AvgIpc) is 2.38. The number of ether oxygens (including phenoxy) is 1. The predicted molar refractivity (Wildman–Crippen MR) is 80.8 cm³/mol. The molecule has 0 aliphatic carbocycles. The molecule has 0 saturated carbocycles. The highest BCUT2D eigenvalue weighted by atomic mass is 35.5. The number of benzene rings is 1. The van der Waals surface area contributed by atoms with Crippen LogP contribution >= 0.6 is 12.4 Å². The first-order chi connectivity index (χ1) is 8.69. The van der Waals surface area contributed by atoms with Crippen molar-refractivity contribution in [3.05, 3.63) is 29.8 Å². The largest absolute Gasteiger partial charge is 0.369 e. The first-order valence-electron chi connectivity index (χ1n) is 6.40. The number of halogens is 1. The van der Waals surface area contributed by atoms with Crippen molar-refractivity contribution in [3.63, 3.8) is 0 Å². The highest BCUT2D eigenvalue weighted by Crippen LogP contribution is 2.15. The minimum Gasteiger partial charge on any atom is -0.369 e. The van der Waals surface area contributed by atoms with Crippen LogP contribution in [0.2, 0.25) is 0 Å². The van der Waals surface area contributed by atoms with Crippen molar-refractivity contribution in [1.82, 2.24) is 5.32 Å². The Balaban J connectivity index is 0.00000324. The molecular weight excluding hydrogens is 264 g/mol. The van der Waals surface area contributed by atoms with Gasteiger partial charge in [0.15, 0.2) is 0 Å². The summed E-state index contributed by atoms with van der Waals surface area (Å²) in [5.41, 5.74) is 1.92. The zero-order valence-electron chi connectivity index (χ0n) is 11.7. The Morgan fingerprint density at radius 1 is 1.32 bits per heavy atom. The van der Waals surface area contributed by atoms with E-state index in [1.807, 2.05) is 31.2 Å². The Bertz CT molecular complexity index is 385. The summed E-state index contributed by atoms with van der Waals surface area (Å²) in [4.78, 5) is 11.9. The number of carbonyl (C=O) groups excluding carboxylic acids is 1. The number of anilines is 1. The van der Waals surface area contributed by atoms with E-state index in [9.17, 15) is 4.79 Å². The zero-order valence-corrected chi connectivity index (χ0v) is 12.5. The van der Waals surface area contributed by atoms with Crippen LogP contribution in [-0.2, 0) is 16.1 Å². The molecule has 1 atom stereocenters. The molecule has 1 rings (SSSR count). The molecule has 0 radical (unpaired) electrons. The Morgan fingerprint density at radius 3 is 2.63 bits per heavy atom. The highest BCUT2D eigenvalue weighted by molar-refractivity contribution is 5.94. The normalized spacial score (nSPS) is 11.5. The first kappa shape index (κ1) is 17.9. The lowest BCUT2D eigenvalue weighted by Crippen LogP contribution is -2.28. The second-order valence-corrected chi connectivity index (χ2v) is 4.02. The summed E-state index contributed by atoms with van der Waals surface area (Å²) in [5, 5.41) is 6.15. The van der Waals surface area contributed by atoms with Crippen LogP contribution in [0.5, 0.6) is 0 Å². The van der Waals surface area contributed by atoms with Gasteiger partial charge in [-0.3, -0.25) is 4.79 Å². The highest BCUT2D eigenvalue weighted by Gasteiger charge is 2.13. The van der Waals surface area contributed by atoms with Crippen LogP contribution < -0.4 is 10.6 Å². The van der Waals surface area contributed by atoms with Gasteiger partial charge in [0, 0.05) is 18.8 Å². The number of hydrogen-bond donors (Lipinski definition) is 2. The van der Waals surface area contributed by atoms with Crippen LogP contribution in [0.25, 0.3) is 0 Å². The van der Waals surface area contributed by atoms with Crippen LogP contribution in [-0.4, -0.2) is 25.2 Å². The van der Waals surface area contributed by atoms with E-state index in [-0.39, 0.29) is 18.3 Å². The van der Waals surface area contributed by atoms with E-state index in [2.05, 4.69) is 17.6 Å². The summed E-state index contributed by atoms with van der Waals surface area (Å²) in [6.45, 7) is 7.87. The third-order valence-corrected chi connectivity index (χ3v) is 2.63. The molecule has 0 aliphatic heterocycles.